The number of nitro groups is 1. The van der Waals surface area contributed by atoms with E-state index >= 15 is 0 Å². The number of benzene rings is 1. The lowest BCUT2D eigenvalue weighted by atomic mass is 10.0. The molecule has 2 amide bonds. The van der Waals surface area contributed by atoms with Crippen molar-refractivity contribution in [3.8, 4) is 0 Å². The maximum absolute atomic E-state index is 13.2. The van der Waals surface area contributed by atoms with E-state index in [0.717, 1.165) is 12.1 Å². The van der Waals surface area contributed by atoms with Gasteiger partial charge in [-0.05, 0) is 18.1 Å². The quantitative estimate of drug-likeness (QED) is 0.639. The Labute approximate surface area is 120 Å². The van der Waals surface area contributed by atoms with Gasteiger partial charge < -0.3 is 10.6 Å². The number of hydrogen-bond donors (Lipinski definition) is 2. The summed E-state index contributed by atoms with van der Waals surface area (Å²) in [6.45, 7) is 4.77. The third-order valence-electron chi connectivity index (χ3n) is 2.72. The van der Waals surface area contributed by atoms with Gasteiger partial charge in [-0.2, -0.15) is 4.39 Å². The average molecular weight is 297 g/mol. The molecule has 0 saturated heterocycles. The van der Waals surface area contributed by atoms with E-state index in [-0.39, 0.29) is 17.5 Å². The topological polar surface area (TPSA) is 101 Å². The fourth-order valence-corrected chi connectivity index (χ4v) is 1.70. The number of carbonyl (C=O) groups is 2. The zero-order valence-electron chi connectivity index (χ0n) is 11.8. The summed E-state index contributed by atoms with van der Waals surface area (Å²) in [5.41, 5.74) is -0.641. The van der Waals surface area contributed by atoms with Crippen LogP contribution < -0.4 is 10.6 Å². The summed E-state index contributed by atoms with van der Waals surface area (Å²) in [5.74, 6) is -2.06. The summed E-state index contributed by atoms with van der Waals surface area (Å²) in [6.07, 6.45) is 0. The number of rotatable bonds is 5. The molecule has 8 heteroatoms. The molecule has 0 unspecified atom stereocenters. The van der Waals surface area contributed by atoms with E-state index in [0.29, 0.717) is 0 Å². The Morgan fingerprint density at radius 2 is 1.95 bits per heavy atom. The Morgan fingerprint density at radius 3 is 2.43 bits per heavy atom. The molecule has 0 heterocycles. The highest BCUT2D eigenvalue weighted by atomic mass is 19.1. The van der Waals surface area contributed by atoms with Gasteiger partial charge in [0.15, 0.2) is 0 Å². The second-order valence-electron chi connectivity index (χ2n) is 4.83. The zero-order chi connectivity index (χ0) is 16.2. The SMILES string of the molecule is CC(=O)N[C@@H](C(=O)Nc1ccc(F)c([N+](=O)[O-])c1)C(C)C. The van der Waals surface area contributed by atoms with Gasteiger partial charge in [0.25, 0.3) is 0 Å². The van der Waals surface area contributed by atoms with E-state index in [1.54, 1.807) is 13.8 Å². The van der Waals surface area contributed by atoms with E-state index in [9.17, 15) is 24.1 Å². The summed E-state index contributed by atoms with van der Waals surface area (Å²) in [5, 5.41) is 15.6. The highest BCUT2D eigenvalue weighted by molar-refractivity contribution is 5.97. The molecule has 0 saturated carbocycles. The molecule has 0 bridgehead atoms. The van der Waals surface area contributed by atoms with Gasteiger partial charge >= 0.3 is 5.69 Å². The molecule has 0 fully saturated rings. The van der Waals surface area contributed by atoms with Crippen LogP contribution in [0.2, 0.25) is 0 Å². The van der Waals surface area contributed by atoms with Crippen molar-refractivity contribution < 1.29 is 18.9 Å². The molecule has 0 aliphatic carbocycles. The molecule has 0 aromatic heterocycles. The minimum Gasteiger partial charge on any atom is -0.344 e. The van der Waals surface area contributed by atoms with E-state index in [1.165, 1.54) is 13.0 Å². The predicted molar refractivity (Wildman–Crippen MR) is 74.1 cm³/mol. The molecular formula is C13H16FN3O4. The van der Waals surface area contributed by atoms with E-state index in [1.807, 2.05) is 0 Å². The number of halogens is 1. The minimum atomic E-state index is -0.986. The van der Waals surface area contributed by atoms with Gasteiger partial charge in [-0.1, -0.05) is 13.8 Å². The van der Waals surface area contributed by atoms with Crippen molar-refractivity contribution in [3.63, 3.8) is 0 Å². The second kappa shape index (κ2) is 6.78. The van der Waals surface area contributed by atoms with Crippen LogP contribution in [0.4, 0.5) is 15.8 Å². The first-order valence-corrected chi connectivity index (χ1v) is 6.24. The van der Waals surface area contributed by atoms with Crippen LogP contribution in [0.1, 0.15) is 20.8 Å². The van der Waals surface area contributed by atoms with Gasteiger partial charge in [-0.15, -0.1) is 0 Å². The van der Waals surface area contributed by atoms with Crippen molar-refractivity contribution in [3.05, 3.63) is 34.1 Å². The van der Waals surface area contributed by atoms with Gasteiger partial charge in [0.05, 0.1) is 4.92 Å². The fraction of sp³-hybridized carbons (Fsp3) is 0.385. The third-order valence-corrected chi connectivity index (χ3v) is 2.72. The van der Waals surface area contributed by atoms with Crippen molar-refractivity contribution in [2.24, 2.45) is 5.92 Å². The number of nitrogens with one attached hydrogen (secondary N) is 2. The molecule has 1 aromatic rings. The van der Waals surface area contributed by atoms with E-state index in [2.05, 4.69) is 10.6 Å². The lowest BCUT2D eigenvalue weighted by Crippen LogP contribution is -2.46. The van der Waals surface area contributed by atoms with Crippen molar-refractivity contribution in [2.45, 2.75) is 26.8 Å². The van der Waals surface area contributed by atoms with Crippen molar-refractivity contribution >= 4 is 23.2 Å². The Balaban J connectivity index is 2.93. The molecule has 0 aliphatic rings. The zero-order valence-corrected chi connectivity index (χ0v) is 11.8. The average Bonchev–Trinajstić information content (AvgIpc) is 2.37. The fourth-order valence-electron chi connectivity index (χ4n) is 1.70. The van der Waals surface area contributed by atoms with Crippen LogP contribution in [0, 0.1) is 21.8 Å². The Kier molecular flexibility index (Phi) is 5.34. The Morgan fingerprint density at radius 1 is 1.33 bits per heavy atom. The smallest absolute Gasteiger partial charge is 0.306 e. The number of anilines is 1. The number of hydrogen-bond acceptors (Lipinski definition) is 4. The largest absolute Gasteiger partial charge is 0.344 e. The lowest BCUT2D eigenvalue weighted by Gasteiger charge is -2.20. The normalized spacial score (nSPS) is 11.9. The third kappa shape index (κ3) is 4.51. The molecule has 0 aliphatic heterocycles. The van der Waals surface area contributed by atoms with Gasteiger partial charge in [0, 0.05) is 18.7 Å². The van der Waals surface area contributed by atoms with Crippen LogP contribution in [0.25, 0.3) is 0 Å². The molecule has 0 radical (unpaired) electrons. The van der Waals surface area contributed by atoms with Crippen LogP contribution >= 0.6 is 0 Å². The van der Waals surface area contributed by atoms with Crippen LogP contribution in [0.15, 0.2) is 18.2 Å². The molecule has 7 nitrogen and oxygen atoms in total. The van der Waals surface area contributed by atoms with Crippen LogP contribution in [0.3, 0.4) is 0 Å². The maximum Gasteiger partial charge on any atom is 0.306 e. The Hall–Kier alpha value is -2.51. The highest BCUT2D eigenvalue weighted by Gasteiger charge is 2.24. The molecule has 0 spiro atoms. The number of carbonyl (C=O) groups excluding carboxylic acids is 2. The first-order valence-electron chi connectivity index (χ1n) is 6.24. The van der Waals surface area contributed by atoms with Crippen molar-refractivity contribution in [1.29, 1.82) is 0 Å². The van der Waals surface area contributed by atoms with Crippen molar-refractivity contribution in [2.75, 3.05) is 5.32 Å². The van der Waals surface area contributed by atoms with Gasteiger partial charge in [0.2, 0.25) is 17.6 Å². The molecule has 21 heavy (non-hydrogen) atoms. The van der Waals surface area contributed by atoms with Gasteiger partial charge in [-0.25, -0.2) is 0 Å². The first kappa shape index (κ1) is 16.5. The number of amides is 2. The van der Waals surface area contributed by atoms with E-state index in [4.69, 9.17) is 0 Å². The number of nitro benzene ring substituents is 1. The van der Waals surface area contributed by atoms with Crippen LogP contribution in [0.5, 0.6) is 0 Å². The predicted octanol–water partition coefficient (Wildman–Crippen LogP) is 1.83. The summed E-state index contributed by atoms with van der Waals surface area (Å²) in [6, 6.07) is 2.26. The minimum absolute atomic E-state index is 0.0871. The van der Waals surface area contributed by atoms with Crippen LogP contribution in [-0.2, 0) is 9.59 Å². The summed E-state index contributed by atoms with van der Waals surface area (Å²) >= 11 is 0. The first-order chi connectivity index (χ1) is 9.72. The summed E-state index contributed by atoms with van der Waals surface area (Å²) < 4.78 is 13.2. The highest BCUT2D eigenvalue weighted by Crippen LogP contribution is 2.22. The van der Waals surface area contributed by atoms with Gasteiger partial charge in [-0.3, -0.25) is 19.7 Å². The molecule has 1 atom stereocenters. The Bertz CT molecular complexity index is 575. The van der Waals surface area contributed by atoms with Gasteiger partial charge in [0.1, 0.15) is 6.04 Å². The van der Waals surface area contributed by atoms with E-state index < -0.39 is 28.4 Å². The maximum atomic E-state index is 13.2. The molecule has 1 rings (SSSR count). The standard InChI is InChI=1S/C13H16FN3O4/c1-7(2)12(15-8(3)18)13(19)16-9-4-5-10(14)11(6-9)17(20)21/h4-7,12H,1-3H3,(H,15,18)(H,16,19)/t12-/m1/s1. The van der Waals surface area contributed by atoms with Crippen molar-refractivity contribution in [1.82, 2.24) is 5.32 Å². The molecule has 1 aromatic carbocycles. The molecular weight excluding hydrogens is 281 g/mol. The lowest BCUT2D eigenvalue weighted by molar-refractivity contribution is -0.387. The summed E-state index contributed by atoms with van der Waals surface area (Å²) in [7, 11) is 0. The number of nitrogens with zero attached hydrogens (tertiary/aromatic N) is 1. The summed E-state index contributed by atoms with van der Waals surface area (Å²) in [4.78, 5) is 32.9. The molecule has 114 valence electrons. The monoisotopic (exact) mass is 297 g/mol. The second-order valence-corrected chi connectivity index (χ2v) is 4.83. The van der Waals surface area contributed by atoms with Crippen LogP contribution in [-0.4, -0.2) is 22.8 Å². The molecule has 2 N–H and O–H groups in total.